The zero-order valence-electron chi connectivity index (χ0n) is 20.5. The second-order valence-electron chi connectivity index (χ2n) is 8.57. The Morgan fingerprint density at radius 3 is 2.14 bits per heavy atom. The molecule has 1 fully saturated rings. The molecule has 9 nitrogen and oxygen atoms in total. The van der Waals surface area contributed by atoms with E-state index >= 15 is 0 Å². The number of amides is 1. The number of nitrogens with zero attached hydrogens (tertiary/aromatic N) is 3. The zero-order valence-corrected chi connectivity index (χ0v) is 20.5. The second kappa shape index (κ2) is 10.1. The molecule has 1 saturated heterocycles. The third-order valence-electron chi connectivity index (χ3n) is 6.40. The summed E-state index contributed by atoms with van der Waals surface area (Å²) in [7, 11) is 6.28. The van der Waals surface area contributed by atoms with E-state index in [9.17, 15) is 14.4 Å². The van der Waals surface area contributed by atoms with Gasteiger partial charge in [-0.25, -0.2) is 0 Å². The molecule has 3 aromatic rings. The molecule has 1 amide bonds. The number of fused-ring (bicyclic) bond motifs is 1. The van der Waals surface area contributed by atoms with Crippen LogP contribution in [0.25, 0.3) is 17.1 Å². The Balaban J connectivity index is 1.71. The van der Waals surface area contributed by atoms with E-state index in [0.29, 0.717) is 28.2 Å². The van der Waals surface area contributed by atoms with Gasteiger partial charge in [0.15, 0.2) is 11.5 Å². The molecular weight excluding hydrogens is 448 g/mol. The fourth-order valence-corrected chi connectivity index (χ4v) is 4.41. The first-order valence-electron chi connectivity index (χ1n) is 11.5. The number of anilines is 2. The normalized spacial score (nSPS) is 13.9. The van der Waals surface area contributed by atoms with Crippen LogP contribution in [0.3, 0.4) is 0 Å². The van der Waals surface area contributed by atoms with Crippen LogP contribution in [0.2, 0.25) is 0 Å². The summed E-state index contributed by atoms with van der Waals surface area (Å²) in [6, 6.07) is 9.04. The second-order valence-corrected chi connectivity index (χ2v) is 8.57. The van der Waals surface area contributed by atoms with Gasteiger partial charge in [-0.3, -0.25) is 14.4 Å². The Hall–Kier alpha value is -4.01. The van der Waals surface area contributed by atoms with Crippen LogP contribution in [0.1, 0.15) is 24.8 Å². The van der Waals surface area contributed by atoms with E-state index in [2.05, 4.69) is 10.2 Å². The number of methoxy groups -OCH3 is 2. The molecule has 0 atom stereocenters. The number of hydrogen-bond acceptors (Lipinski definition) is 6. The van der Waals surface area contributed by atoms with Crippen molar-refractivity contribution in [2.75, 3.05) is 37.5 Å². The minimum absolute atomic E-state index is 0.313. The van der Waals surface area contributed by atoms with Crippen LogP contribution < -0.4 is 30.8 Å². The maximum absolute atomic E-state index is 12.9. The summed E-state index contributed by atoms with van der Waals surface area (Å²) < 4.78 is 13.3. The van der Waals surface area contributed by atoms with E-state index in [1.807, 2.05) is 12.1 Å². The van der Waals surface area contributed by atoms with E-state index in [4.69, 9.17) is 9.47 Å². The van der Waals surface area contributed by atoms with Crippen molar-refractivity contribution in [3.8, 4) is 11.5 Å². The molecule has 0 spiro atoms. The van der Waals surface area contributed by atoms with Crippen molar-refractivity contribution in [2.24, 2.45) is 14.1 Å². The molecule has 2 aromatic carbocycles. The monoisotopic (exact) mass is 478 g/mol. The quantitative estimate of drug-likeness (QED) is 0.433. The van der Waals surface area contributed by atoms with Crippen molar-refractivity contribution in [1.82, 2.24) is 9.13 Å². The highest BCUT2D eigenvalue weighted by Crippen LogP contribution is 2.33. The van der Waals surface area contributed by atoms with Crippen molar-refractivity contribution in [3.63, 3.8) is 0 Å². The molecule has 1 aliphatic rings. The number of nitrogens with one attached hydrogen (secondary N) is 1. The summed E-state index contributed by atoms with van der Waals surface area (Å²) >= 11 is 0. The van der Waals surface area contributed by atoms with Crippen molar-refractivity contribution >= 4 is 34.4 Å². The van der Waals surface area contributed by atoms with E-state index in [1.165, 1.54) is 15.2 Å². The molecule has 0 aliphatic carbocycles. The molecule has 1 aromatic heterocycles. The van der Waals surface area contributed by atoms with Gasteiger partial charge in [-0.15, -0.1) is 0 Å². The van der Waals surface area contributed by atoms with Crippen molar-refractivity contribution in [3.05, 3.63) is 62.7 Å². The smallest absolute Gasteiger partial charge is 0.316 e. The average Bonchev–Trinajstić information content (AvgIpc) is 2.89. The lowest BCUT2D eigenvalue weighted by Gasteiger charge is -2.31. The number of ether oxygens (including phenoxy) is 2. The van der Waals surface area contributed by atoms with Crippen LogP contribution in [-0.2, 0) is 18.9 Å². The number of rotatable bonds is 6. The van der Waals surface area contributed by atoms with Gasteiger partial charge in [0, 0.05) is 33.3 Å². The lowest BCUT2D eigenvalue weighted by molar-refractivity contribution is -0.111. The Morgan fingerprint density at radius 1 is 0.886 bits per heavy atom. The summed E-state index contributed by atoms with van der Waals surface area (Å²) in [6.45, 7) is 1.71. The molecule has 184 valence electrons. The predicted molar refractivity (Wildman–Crippen MR) is 138 cm³/mol. The summed E-state index contributed by atoms with van der Waals surface area (Å²) in [5.74, 6) is 0.868. The summed E-state index contributed by atoms with van der Waals surface area (Å²) in [6.07, 6.45) is 6.41. The largest absolute Gasteiger partial charge is 0.493 e. The van der Waals surface area contributed by atoms with Crippen LogP contribution in [0.5, 0.6) is 11.5 Å². The molecular formula is C26H30N4O5. The van der Waals surface area contributed by atoms with Crippen LogP contribution in [0.15, 0.2) is 46.0 Å². The van der Waals surface area contributed by atoms with Gasteiger partial charge in [-0.1, -0.05) is 6.07 Å². The Labute approximate surface area is 203 Å². The van der Waals surface area contributed by atoms with Gasteiger partial charge in [0.25, 0.3) is 0 Å². The predicted octanol–water partition coefficient (Wildman–Crippen LogP) is 2.90. The van der Waals surface area contributed by atoms with Crippen molar-refractivity contribution in [1.29, 1.82) is 0 Å². The Morgan fingerprint density at radius 2 is 1.51 bits per heavy atom. The van der Waals surface area contributed by atoms with E-state index in [-0.39, 0.29) is 5.91 Å². The van der Waals surface area contributed by atoms with Gasteiger partial charge in [-0.05, 0) is 55.2 Å². The molecule has 0 unspecified atom stereocenters. The molecule has 9 heteroatoms. The number of aryl methyl sites for hydroxylation is 2. The molecule has 2 heterocycles. The van der Waals surface area contributed by atoms with Crippen LogP contribution in [0.4, 0.5) is 11.4 Å². The lowest BCUT2D eigenvalue weighted by Crippen LogP contribution is -2.39. The molecule has 0 bridgehead atoms. The number of carbonyl (C=O) groups excluding carboxylic acids is 1. The molecule has 35 heavy (non-hydrogen) atoms. The van der Waals surface area contributed by atoms with Crippen LogP contribution in [-0.4, -0.2) is 42.4 Å². The molecule has 1 N–H and O–H groups in total. The maximum Gasteiger partial charge on any atom is 0.316 e. The van der Waals surface area contributed by atoms with Gasteiger partial charge in [0.1, 0.15) is 0 Å². The molecule has 1 aliphatic heterocycles. The first-order chi connectivity index (χ1) is 16.8. The van der Waals surface area contributed by atoms with Gasteiger partial charge in [0.2, 0.25) is 5.91 Å². The number of piperidine rings is 1. The third-order valence-corrected chi connectivity index (χ3v) is 6.40. The molecule has 0 saturated carbocycles. The molecule has 4 rings (SSSR count). The Bertz CT molecular complexity index is 1410. The van der Waals surface area contributed by atoms with Crippen LogP contribution >= 0.6 is 0 Å². The number of hydrogen-bond donors (Lipinski definition) is 1. The highest BCUT2D eigenvalue weighted by atomic mass is 16.5. The third kappa shape index (κ3) is 4.80. The van der Waals surface area contributed by atoms with Gasteiger partial charge < -0.3 is 28.8 Å². The average molecular weight is 479 g/mol. The summed E-state index contributed by atoms with van der Waals surface area (Å²) in [5, 5.41) is 2.98. The number of carbonyl (C=O) groups is 1. The highest BCUT2D eigenvalue weighted by molar-refractivity contribution is 6.05. The van der Waals surface area contributed by atoms with Gasteiger partial charge in [-0.2, -0.15) is 0 Å². The standard InChI is InChI=1S/C26H30N4O5/c1-28-20-15-18(27-24(31)11-9-17-8-10-22(34-3)23(14-17)35-4)19(30-12-6-5-7-13-30)16-21(20)29(2)26(33)25(28)32/h8-11,14-16H,5-7,12-13H2,1-4H3,(H,27,31). The number of aromatic nitrogens is 2. The first-order valence-corrected chi connectivity index (χ1v) is 11.5. The van der Waals surface area contributed by atoms with Crippen molar-refractivity contribution < 1.29 is 14.3 Å². The van der Waals surface area contributed by atoms with E-state index in [1.54, 1.807) is 52.6 Å². The SMILES string of the molecule is COc1ccc(C=CC(=O)Nc2cc3c(cc2N2CCCCC2)n(C)c(=O)c(=O)n3C)cc1OC. The van der Waals surface area contributed by atoms with Gasteiger partial charge in [0.05, 0.1) is 36.6 Å². The lowest BCUT2D eigenvalue weighted by atomic mass is 10.1. The summed E-state index contributed by atoms with van der Waals surface area (Å²) in [4.78, 5) is 39.9. The minimum Gasteiger partial charge on any atom is -0.493 e. The molecule has 0 radical (unpaired) electrons. The minimum atomic E-state index is -0.614. The van der Waals surface area contributed by atoms with E-state index in [0.717, 1.165) is 43.6 Å². The zero-order chi connectivity index (χ0) is 25.1. The maximum atomic E-state index is 12.9. The number of benzene rings is 2. The van der Waals surface area contributed by atoms with Crippen LogP contribution in [0, 0.1) is 0 Å². The topological polar surface area (TPSA) is 94.8 Å². The fourth-order valence-electron chi connectivity index (χ4n) is 4.41. The van der Waals surface area contributed by atoms with E-state index < -0.39 is 11.1 Å². The Kier molecular flexibility index (Phi) is 6.95. The van der Waals surface area contributed by atoms with Crippen molar-refractivity contribution in [2.45, 2.75) is 19.3 Å². The fraction of sp³-hybridized carbons (Fsp3) is 0.346. The first kappa shape index (κ1) is 24.1. The summed E-state index contributed by atoms with van der Waals surface area (Å²) in [5.41, 5.74) is 2.21. The highest BCUT2D eigenvalue weighted by Gasteiger charge is 2.19. The van der Waals surface area contributed by atoms with Gasteiger partial charge >= 0.3 is 11.1 Å².